The van der Waals surface area contributed by atoms with Crippen molar-refractivity contribution in [1.29, 1.82) is 0 Å². The molecule has 0 saturated carbocycles. The van der Waals surface area contributed by atoms with Gasteiger partial charge in [0.2, 0.25) is 10.0 Å². The molecule has 0 saturated heterocycles. The first-order valence-corrected chi connectivity index (χ1v) is 5.33. The van der Waals surface area contributed by atoms with Crippen LogP contribution in [0.4, 0.5) is 0 Å². The fraction of sp³-hybridized carbons (Fsp3) is 1.00. The van der Waals surface area contributed by atoms with E-state index < -0.39 is 10.0 Å². The van der Waals surface area contributed by atoms with E-state index >= 15 is 0 Å². The SMILES string of the molecule is CC(C)NS(=O)(=O)CCCN. The summed E-state index contributed by atoms with van der Waals surface area (Å²) in [5.41, 5.74) is 5.17. The van der Waals surface area contributed by atoms with Gasteiger partial charge in [-0.3, -0.25) is 0 Å². The van der Waals surface area contributed by atoms with Crippen LogP contribution in [-0.4, -0.2) is 26.8 Å². The number of hydrogen-bond donors (Lipinski definition) is 2. The Hall–Kier alpha value is -0.130. The monoisotopic (exact) mass is 180 g/mol. The summed E-state index contributed by atoms with van der Waals surface area (Å²) in [5, 5.41) is 0. The first kappa shape index (κ1) is 10.9. The molecule has 0 aromatic carbocycles. The normalized spacial score (nSPS) is 12.4. The van der Waals surface area contributed by atoms with E-state index in [2.05, 4.69) is 4.72 Å². The highest BCUT2D eigenvalue weighted by atomic mass is 32.2. The van der Waals surface area contributed by atoms with Crippen molar-refractivity contribution in [3.05, 3.63) is 0 Å². The number of hydrogen-bond acceptors (Lipinski definition) is 3. The number of sulfonamides is 1. The molecule has 0 fully saturated rings. The van der Waals surface area contributed by atoms with Crippen LogP contribution >= 0.6 is 0 Å². The van der Waals surface area contributed by atoms with E-state index in [1.165, 1.54) is 0 Å². The van der Waals surface area contributed by atoms with Crippen LogP contribution in [0.1, 0.15) is 20.3 Å². The fourth-order valence-electron chi connectivity index (χ4n) is 0.691. The summed E-state index contributed by atoms with van der Waals surface area (Å²) in [6, 6.07) is -0.0298. The van der Waals surface area contributed by atoms with E-state index in [1.807, 2.05) is 0 Å². The second-order valence-corrected chi connectivity index (χ2v) is 4.61. The Morgan fingerprint density at radius 1 is 1.45 bits per heavy atom. The maximum atomic E-state index is 11.0. The van der Waals surface area contributed by atoms with Gasteiger partial charge < -0.3 is 5.73 Å². The largest absolute Gasteiger partial charge is 0.330 e. The molecule has 0 amide bonds. The Labute approximate surface area is 68.2 Å². The Morgan fingerprint density at radius 3 is 2.36 bits per heavy atom. The third kappa shape index (κ3) is 6.28. The zero-order valence-electron chi connectivity index (χ0n) is 7.00. The highest BCUT2D eigenvalue weighted by Gasteiger charge is 2.09. The van der Waals surface area contributed by atoms with Gasteiger partial charge in [0.05, 0.1) is 5.75 Å². The number of nitrogens with one attached hydrogen (secondary N) is 1. The van der Waals surface area contributed by atoms with E-state index in [0.29, 0.717) is 13.0 Å². The third-order valence-corrected chi connectivity index (χ3v) is 2.69. The van der Waals surface area contributed by atoms with E-state index in [-0.39, 0.29) is 11.8 Å². The van der Waals surface area contributed by atoms with Gasteiger partial charge in [0.15, 0.2) is 0 Å². The lowest BCUT2D eigenvalue weighted by atomic mass is 10.4. The van der Waals surface area contributed by atoms with Gasteiger partial charge in [0, 0.05) is 6.04 Å². The molecular formula is C6H16N2O2S. The van der Waals surface area contributed by atoms with E-state index in [4.69, 9.17) is 5.73 Å². The van der Waals surface area contributed by atoms with Crippen molar-refractivity contribution < 1.29 is 8.42 Å². The second-order valence-electron chi connectivity index (χ2n) is 2.73. The predicted molar refractivity (Wildman–Crippen MR) is 45.7 cm³/mol. The molecule has 5 heteroatoms. The van der Waals surface area contributed by atoms with Gasteiger partial charge in [0.1, 0.15) is 0 Å². The van der Waals surface area contributed by atoms with E-state index in [1.54, 1.807) is 13.8 Å². The predicted octanol–water partition coefficient (Wildman–Crippen LogP) is -0.337. The number of nitrogens with two attached hydrogens (primary N) is 1. The van der Waals surface area contributed by atoms with Crippen LogP contribution in [0, 0.1) is 0 Å². The van der Waals surface area contributed by atoms with Crippen molar-refractivity contribution in [3.63, 3.8) is 0 Å². The van der Waals surface area contributed by atoms with Crippen LogP contribution < -0.4 is 10.5 Å². The average molecular weight is 180 g/mol. The molecule has 0 rings (SSSR count). The summed E-state index contributed by atoms with van der Waals surface area (Å²) in [7, 11) is -3.07. The molecule has 11 heavy (non-hydrogen) atoms. The zero-order chi connectivity index (χ0) is 8.91. The maximum Gasteiger partial charge on any atom is 0.211 e. The van der Waals surface area contributed by atoms with Crippen LogP contribution in [0.15, 0.2) is 0 Å². The molecule has 0 unspecified atom stereocenters. The summed E-state index contributed by atoms with van der Waals surface area (Å²) in [6.45, 7) is 4.00. The first-order chi connectivity index (χ1) is 4.98. The molecule has 4 nitrogen and oxygen atoms in total. The van der Waals surface area contributed by atoms with Crippen molar-refractivity contribution in [2.45, 2.75) is 26.3 Å². The van der Waals surface area contributed by atoms with Gasteiger partial charge in [-0.15, -0.1) is 0 Å². The fourth-order valence-corrected chi connectivity index (χ4v) is 2.07. The molecule has 0 atom stereocenters. The van der Waals surface area contributed by atoms with Gasteiger partial charge in [-0.25, -0.2) is 13.1 Å². The summed E-state index contributed by atoms with van der Waals surface area (Å²) < 4.78 is 24.5. The van der Waals surface area contributed by atoms with Gasteiger partial charge >= 0.3 is 0 Å². The molecule has 68 valence electrons. The highest BCUT2D eigenvalue weighted by molar-refractivity contribution is 7.89. The minimum Gasteiger partial charge on any atom is -0.330 e. The van der Waals surface area contributed by atoms with Crippen LogP contribution in [0.5, 0.6) is 0 Å². The van der Waals surface area contributed by atoms with Crippen LogP contribution in [-0.2, 0) is 10.0 Å². The number of rotatable bonds is 5. The van der Waals surface area contributed by atoms with Gasteiger partial charge in [-0.2, -0.15) is 0 Å². The van der Waals surface area contributed by atoms with Gasteiger partial charge in [0.25, 0.3) is 0 Å². The molecule has 0 aliphatic heterocycles. The molecule has 0 aromatic rings. The molecule has 0 aliphatic carbocycles. The van der Waals surface area contributed by atoms with Crippen LogP contribution in [0.2, 0.25) is 0 Å². The highest BCUT2D eigenvalue weighted by Crippen LogP contribution is 1.90. The summed E-state index contributed by atoms with van der Waals surface area (Å²) >= 11 is 0. The molecule has 0 spiro atoms. The zero-order valence-corrected chi connectivity index (χ0v) is 7.82. The van der Waals surface area contributed by atoms with Crippen LogP contribution in [0.3, 0.4) is 0 Å². The van der Waals surface area contributed by atoms with Crippen molar-refractivity contribution >= 4 is 10.0 Å². The van der Waals surface area contributed by atoms with Crippen molar-refractivity contribution in [2.75, 3.05) is 12.3 Å². The van der Waals surface area contributed by atoms with E-state index in [9.17, 15) is 8.42 Å². The van der Waals surface area contributed by atoms with Crippen molar-refractivity contribution in [2.24, 2.45) is 5.73 Å². The molecule has 0 aromatic heterocycles. The second kappa shape index (κ2) is 4.69. The minimum absolute atomic E-state index is 0.0298. The smallest absolute Gasteiger partial charge is 0.211 e. The lowest BCUT2D eigenvalue weighted by molar-refractivity contribution is 0.567. The standard InChI is InChI=1S/C6H16N2O2S/c1-6(2)8-11(9,10)5-3-4-7/h6,8H,3-5,7H2,1-2H3. The first-order valence-electron chi connectivity index (χ1n) is 3.68. The summed E-state index contributed by atoms with van der Waals surface area (Å²) in [4.78, 5) is 0. The molecule has 0 aliphatic rings. The molecule has 0 bridgehead atoms. The Balaban J connectivity index is 3.82. The Kier molecular flexibility index (Phi) is 4.63. The molecule has 0 radical (unpaired) electrons. The lowest BCUT2D eigenvalue weighted by Crippen LogP contribution is -2.32. The van der Waals surface area contributed by atoms with Gasteiger partial charge in [-0.1, -0.05) is 0 Å². The summed E-state index contributed by atoms with van der Waals surface area (Å²) in [6.07, 6.45) is 0.516. The average Bonchev–Trinajstić information content (AvgIpc) is 1.81. The molecular weight excluding hydrogens is 164 g/mol. The third-order valence-electron chi connectivity index (χ3n) is 1.03. The maximum absolute atomic E-state index is 11.0. The molecule has 3 N–H and O–H groups in total. The summed E-state index contributed by atoms with van der Waals surface area (Å²) in [5.74, 6) is 0.127. The Bertz CT molecular complexity index is 187. The lowest BCUT2D eigenvalue weighted by Gasteiger charge is -2.07. The Morgan fingerprint density at radius 2 is 2.00 bits per heavy atom. The topological polar surface area (TPSA) is 72.2 Å². The van der Waals surface area contributed by atoms with Crippen molar-refractivity contribution in [3.8, 4) is 0 Å². The molecule has 0 heterocycles. The van der Waals surface area contributed by atoms with Gasteiger partial charge in [-0.05, 0) is 26.8 Å². The minimum atomic E-state index is -3.07. The van der Waals surface area contributed by atoms with Crippen LogP contribution in [0.25, 0.3) is 0 Å². The van der Waals surface area contributed by atoms with Crippen molar-refractivity contribution in [1.82, 2.24) is 4.72 Å². The quantitative estimate of drug-likeness (QED) is 0.608. The van der Waals surface area contributed by atoms with E-state index in [0.717, 1.165) is 0 Å².